The predicted octanol–water partition coefficient (Wildman–Crippen LogP) is 15.1. The summed E-state index contributed by atoms with van der Waals surface area (Å²) in [6.45, 7) is 20.1. The van der Waals surface area contributed by atoms with Gasteiger partial charge in [0, 0.05) is 0 Å². The van der Waals surface area contributed by atoms with Crippen LogP contribution in [0.25, 0.3) is 33.4 Å². The Balaban J connectivity index is 0.000000378. The summed E-state index contributed by atoms with van der Waals surface area (Å²) in [6.07, 6.45) is 9.28. The molecule has 6 aromatic carbocycles. The summed E-state index contributed by atoms with van der Waals surface area (Å²) < 4.78 is 3.34. The fourth-order valence-electron chi connectivity index (χ4n) is 6.56. The number of hydrogen-bond acceptors (Lipinski definition) is 0. The summed E-state index contributed by atoms with van der Waals surface area (Å²) in [6, 6.07) is 54.5. The first kappa shape index (κ1) is 49.3. The van der Waals surface area contributed by atoms with Crippen molar-refractivity contribution in [3.8, 4) is 33.4 Å². The van der Waals surface area contributed by atoms with E-state index in [9.17, 15) is 0 Å². The molecule has 57 heavy (non-hydrogen) atoms. The molecule has 0 bridgehead atoms. The SMILES string of the molecule is CC(C)(C)c1cc2c([c-]c1-c1ccccc1)Cc1cc(-c3ccccc3)c(C(C)(C)C)cc1-2.CC1=[C-]CC=C1.Cc1cc[c-]cc1.Cc1cc[c-]cc1.Cl.Cl.[CH2]=[Zr]. The van der Waals surface area contributed by atoms with Crippen molar-refractivity contribution in [1.29, 1.82) is 0 Å². The summed E-state index contributed by atoms with van der Waals surface area (Å²) in [4.78, 5) is 0. The Bertz CT molecular complexity index is 2010. The summed E-state index contributed by atoms with van der Waals surface area (Å²) in [5.74, 6) is 0. The second-order valence-corrected chi connectivity index (χ2v) is 16.0. The van der Waals surface area contributed by atoms with E-state index in [2.05, 4.69) is 182 Å². The second kappa shape index (κ2) is 23.5. The first-order valence-corrected chi connectivity index (χ1v) is 20.9. The maximum absolute atomic E-state index is 3.88. The van der Waals surface area contributed by atoms with Crippen LogP contribution in [0, 0.1) is 38.1 Å². The van der Waals surface area contributed by atoms with Crippen molar-refractivity contribution in [1.82, 2.24) is 0 Å². The van der Waals surface area contributed by atoms with E-state index in [1.165, 1.54) is 96.6 Å². The van der Waals surface area contributed by atoms with Gasteiger partial charge in [-0.1, -0.05) is 152 Å². The van der Waals surface area contributed by atoms with Gasteiger partial charge in [-0.3, -0.25) is 6.08 Å². The van der Waals surface area contributed by atoms with E-state index in [0.29, 0.717) is 0 Å². The fraction of sp³-hybridized carbons (Fsp3) is 0.241. The van der Waals surface area contributed by atoms with E-state index in [-0.39, 0.29) is 35.6 Å². The molecule has 296 valence electrons. The molecule has 0 unspecified atom stereocenters. The third-order valence-electron chi connectivity index (χ3n) is 9.46. The van der Waals surface area contributed by atoms with E-state index in [4.69, 9.17) is 0 Å². The van der Waals surface area contributed by atoms with Crippen molar-refractivity contribution in [3.05, 3.63) is 203 Å². The fourth-order valence-corrected chi connectivity index (χ4v) is 6.56. The summed E-state index contributed by atoms with van der Waals surface area (Å²) in [5, 5.41) is 0. The number of allylic oxidation sites excluding steroid dienone is 4. The molecule has 0 amide bonds. The summed E-state index contributed by atoms with van der Waals surface area (Å²) in [5.41, 5.74) is 17.4. The van der Waals surface area contributed by atoms with Crippen molar-refractivity contribution in [2.24, 2.45) is 0 Å². The van der Waals surface area contributed by atoms with Gasteiger partial charge in [0.25, 0.3) is 0 Å². The second-order valence-electron chi connectivity index (χ2n) is 16.0. The quantitative estimate of drug-likeness (QED) is 0.152. The van der Waals surface area contributed by atoms with Crippen LogP contribution in [0.1, 0.15) is 88.3 Å². The molecule has 0 N–H and O–H groups in total. The van der Waals surface area contributed by atoms with Crippen molar-refractivity contribution >= 4 is 29.0 Å². The van der Waals surface area contributed by atoms with Gasteiger partial charge >= 0.3 is 28.4 Å². The van der Waals surface area contributed by atoms with Gasteiger partial charge in [-0.2, -0.15) is 77.9 Å². The van der Waals surface area contributed by atoms with Gasteiger partial charge in [0.1, 0.15) is 0 Å². The van der Waals surface area contributed by atoms with Crippen LogP contribution in [0.4, 0.5) is 0 Å². The van der Waals surface area contributed by atoms with E-state index in [1.807, 2.05) is 48.5 Å². The molecule has 0 atom stereocenters. The van der Waals surface area contributed by atoms with Crippen LogP contribution in [0.15, 0.2) is 145 Å². The molecule has 0 fully saturated rings. The summed E-state index contributed by atoms with van der Waals surface area (Å²) >= 11 is 1.30. The van der Waals surface area contributed by atoms with Gasteiger partial charge in [0.15, 0.2) is 0 Å². The van der Waals surface area contributed by atoms with Crippen LogP contribution in [-0.4, -0.2) is 4.21 Å². The molecule has 0 saturated carbocycles. The molecule has 0 heterocycles. The number of hydrogen-bond donors (Lipinski definition) is 0. The van der Waals surface area contributed by atoms with Gasteiger partial charge in [0.05, 0.1) is 0 Å². The molecule has 0 radical (unpaired) electrons. The minimum atomic E-state index is 0. The van der Waals surface area contributed by atoms with E-state index >= 15 is 0 Å². The average Bonchev–Trinajstić information content (AvgIpc) is 3.81. The molecule has 8 rings (SSSR count). The first-order chi connectivity index (χ1) is 26.3. The normalized spacial score (nSPS) is 11.7. The van der Waals surface area contributed by atoms with Gasteiger partial charge in [-0.15, -0.1) is 60.1 Å². The Morgan fingerprint density at radius 2 is 1.04 bits per heavy atom. The van der Waals surface area contributed by atoms with Crippen LogP contribution < -0.4 is 0 Å². The van der Waals surface area contributed by atoms with Crippen molar-refractivity contribution in [2.45, 2.75) is 86.0 Å². The molecular formula is C54H58Cl2Zr-4. The number of fused-ring (bicyclic) bond motifs is 3. The Hall–Kier alpha value is -3.87. The van der Waals surface area contributed by atoms with Gasteiger partial charge < -0.3 is 0 Å². The molecular weight excluding hydrogens is 811 g/mol. The van der Waals surface area contributed by atoms with Gasteiger partial charge in [-0.25, -0.2) is 11.6 Å². The van der Waals surface area contributed by atoms with Crippen molar-refractivity contribution < 1.29 is 24.2 Å². The van der Waals surface area contributed by atoms with E-state index in [1.54, 1.807) is 0 Å². The Morgan fingerprint density at radius 1 is 0.561 bits per heavy atom. The molecule has 6 aromatic rings. The molecule has 0 nitrogen and oxygen atoms in total. The Labute approximate surface area is 372 Å². The molecule has 0 spiro atoms. The third kappa shape index (κ3) is 14.5. The zero-order valence-electron chi connectivity index (χ0n) is 35.2. The zero-order chi connectivity index (χ0) is 40.0. The predicted molar refractivity (Wildman–Crippen MR) is 250 cm³/mol. The average molecular weight is 869 g/mol. The maximum atomic E-state index is 3.88. The van der Waals surface area contributed by atoms with Crippen molar-refractivity contribution in [2.75, 3.05) is 0 Å². The minimum absolute atomic E-state index is 0. The molecule has 2 aliphatic carbocycles. The van der Waals surface area contributed by atoms with Gasteiger partial charge in [-0.05, 0) is 39.5 Å². The van der Waals surface area contributed by atoms with E-state index in [0.717, 1.165) is 12.8 Å². The van der Waals surface area contributed by atoms with Crippen LogP contribution >= 0.6 is 24.8 Å². The van der Waals surface area contributed by atoms with Crippen molar-refractivity contribution in [3.63, 3.8) is 0 Å². The topological polar surface area (TPSA) is 0 Å². The number of rotatable bonds is 2. The Morgan fingerprint density at radius 3 is 1.42 bits per heavy atom. The van der Waals surface area contributed by atoms with Crippen LogP contribution in [0.3, 0.4) is 0 Å². The monoisotopic (exact) mass is 866 g/mol. The van der Waals surface area contributed by atoms with Crippen LogP contribution in [0.2, 0.25) is 0 Å². The molecule has 3 heteroatoms. The zero-order valence-corrected chi connectivity index (χ0v) is 39.3. The molecule has 0 saturated heterocycles. The molecule has 0 aliphatic heterocycles. The number of benzene rings is 6. The first-order valence-electron chi connectivity index (χ1n) is 19.1. The molecule has 0 aromatic heterocycles. The van der Waals surface area contributed by atoms with Crippen LogP contribution in [0.5, 0.6) is 0 Å². The number of halogens is 2. The van der Waals surface area contributed by atoms with Gasteiger partial charge in [0.2, 0.25) is 0 Å². The van der Waals surface area contributed by atoms with E-state index < -0.39 is 0 Å². The van der Waals surface area contributed by atoms with Crippen LogP contribution in [-0.2, 0) is 41.5 Å². The standard InChI is InChI=1S/C33H33.2C7H7.C6H7.CH2.2ClH.Zr/c1-32(2,3)30-20-26-24(18-28(30)22-13-9-7-10-14-22)17-25-19-29(23-15-11-8-12-16-23)31(21-27(25)26)33(4,5)6;2*1-7-5-3-2-4-6-7;1-6-4-2-3-5-6;;;;/h7-16,18,20-21H,17H2,1-6H3;2*3-6H,1H3;2,4H,3H2,1H3;1H2;2*1H;/q4*-1;;;;. The number of aryl methyl sites for hydroxylation is 2. The summed E-state index contributed by atoms with van der Waals surface area (Å²) in [7, 11) is 0. The molecule has 2 aliphatic rings. The Kier molecular flexibility index (Phi) is 20.3. The third-order valence-corrected chi connectivity index (χ3v) is 9.46.